The van der Waals surface area contributed by atoms with E-state index in [1.165, 1.54) is 12.1 Å². The zero-order valence-corrected chi connectivity index (χ0v) is 12.3. The number of hydrogen-bond acceptors (Lipinski definition) is 2. The van der Waals surface area contributed by atoms with E-state index >= 15 is 0 Å². The first-order valence-corrected chi connectivity index (χ1v) is 7.44. The van der Waals surface area contributed by atoms with Crippen molar-refractivity contribution in [3.63, 3.8) is 0 Å². The molecule has 0 saturated heterocycles. The molecule has 2 rings (SSSR count). The van der Waals surface area contributed by atoms with Crippen LogP contribution in [0, 0.1) is 17.8 Å². The standard InChI is InChI=1S/C17H25NO/c1-4-18(15-8-6-5-7-9-15)12-16-14(3)10-13(2)11-17(16)19/h5-9,13-14,16H,4,10-12H2,1-3H3. The number of hydrogen-bond donors (Lipinski definition) is 0. The molecule has 104 valence electrons. The van der Waals surface area contributed by atoms with E-state index in [0.717, 1.165) is 19.5 Å². The minimum absolute atomic E-state index is 0.205. The largest absolute Gasteiger partial charge is 0.371 e. The zero-order chi connectivity index (χ0) is 13.8. The molecule has 0 aromatic heterocycles. The summed E-state index contributed by atoms with van der Waals surface area (Å²) in [5, 5.41) is 0. The van der Waals surface area contributed by atoms with E-state index in [9.17, 15) is 4.79 Å². The molecule has 0 bridgehead atoms. The first kappa shape index (κ1) is 14.1. The Bertz CT molecular complexity index is 415. The van der Waals surface area contributed by atoms with Gasteiger partial charge in [-0.3, -0.25) is 4.79 Å². The third kappa shape index (κ3) is 3.37. The van der Waals surface area contributed by atoms with E-state index in [4.69, 9.17) is 0 Å². The summed E-state index contributed by atoms with van der Waals surface area (Å²) in [6.45, 7) is 8.41. The van der Waals surface area contributed by atoms with Gasteiger partial charge in [0, 0.05) is 31.1 Å². The molecule has 1 saturated carbocycles. The fourth-order valence-corrected chi connectivity index (χ4v) is 3.27. The second-order valence-corrected chi connectivity index (χ2v) is 5.97. The third-order valence-corrected chi connectivity index (χ3v) is 4.34. The zero-order valence-electron chi connectivity index (χ0n) is 12.3. The van der Waals surface area contributed by atoms with Gasteiger partial charge in [0.25, 0.3) is 0 Å². The van der Waals surface area contributed by atoms with Gasteiger partial charge in [-0.2, -0.15) is 0 Å². The van der Waals surface area contributed by atoms with Crippen molar-refractivity contribution in [3.05, 3.63) is 30.3 Å². The predicted octanol–water partition coefficient (Wildman–Crippen LogP) is 3.76. The van der Waals surface area contributed by atoms with Crippen molar-refractivity contribution in [2.45, 2.75) is 33.6 Å². The lowest BCUT2D eigenvalue weighted by Crippen LogP contribution is -2.40. The lowest BCUT2D eigenvalue weighted by atomic mass is 9.74. The number of rotatable bonds is 4. The summed E-state index contributed by atoms with van der Waals surface area (Å²) in [5.74, 6) is 1.73. The summed E-state index contributed by atoms with van der Waals surface area (Å²) in [5.41, 5.74) is 1.23. The summed E-state index contributed by atoms with van der Waals surface area (Å²) in [4.78, 5) is 14.6. The maximum Gasteiger partial charge on any atom is 0.138 e. The van der Waals surface area contributed by atoms with Crippen LogP contribution in [0.4, 0.5) is 5.69 Å². The van der Waals surface area contributed by atoms with Crippen LogP contribution in [0.15, 0.2) is 30.3 Å². The molecule has 0 aliphatic heterocycles. The number of carbonyl (C=O) groups excluding carboxylic acids is 1. The highest BCUT2D eigenvalue weighted by Crippen LogP contribution is 2.32. The highest BCUT2D eigenvalue weighted by Gasteiger charge is 2.33. The van der Waals surface area contributed by atoms with Crippen molar-refractivity contribution in [1.82, 2.24) is 0 Å². The second kappa shape index (κ2) is 6.23. The van der Waals surface area contributed by atoms with Crippen LogP contribution in [0.25, 0.3) is 0 Å². The van der Waals surface area contributed by atoms with E-state index in [1.807, 2.05) is 6.07 Å². The number of para-hydroxylation sites is 1. The first-order chi connectivity index (χ1) is 9.11. The Balaban J connectivity index is 2.08. The maximum atomic E-state index is 12.3. The van der Waals surface area contributed by atoms with Crippen molar-refractivity contribution in [1.29, 1.82) is 0 Å². The number of ketones is 1. The Morgan fingerprint density at radius 2 is 1.89 bits per heavy atom. The van der Waals surface area contributed by atoms with E-state index < -0.39 is 0 Å². The van der Waals surface area contributed by atoms with Gasteiger partial charge >= 0.3 is 0 Å². The smallest absolute Gasteiger partial charge is 0.138 e. The van der Waals surface area contributed by atoms with Crippen molar-refractivity contribution in [2.75, 3.05) is 18.0 Å². The molecule has 1 fully saturated rings. The van der Waals surface area contributed by atoms with Crippen LogP contribution in [0.2, 0.25) is 0 Å². The monoisotopic (exact) mass is 259 g/mol. The molecule has 0 radical (unpaired) electrons. The predicted molar refractivity (Wildman–Crippen MR) is 80.4 cm³/mol. The molecule has 1 aromatic carbocycles. The Kier molecular flexibility index (Phi) is 4.62. The highest BCUT2D eigenvalue weighted by molar-refractivity contribution is 5.83. The number of Topliss-reactive ketones (excluding diaryl/α,β-unsaturated/α-hetero) is 1. The molecule has 0 amide bonds. The summed E-state index contributed by atoms with van der Waals surface area (Å²) in [6.07, 6.45) is 1.95. The van der Waals surface area contributed by atoms with Crippen LogP contribution in [0.5, 0.6) is 0 Å². The molecule has 0 spiro atoms. The van der Waals surface area contributed by atoms with Crippen molar-refractivity contribution >= 4 is 11.5 Å². The molecule has 0 N–H and O–H groups in total. The summed E-state index contributed by atoms with van der Waals surface area (Å²) < 4.78 is 0. The minimum atomic E-state index is 0.205. The molecular formula is C17H25NO. The van der Waals surface area contributed by atoms with Gasteiger partial charge in [-0.05, 0) is 37.3 Å². The number of anilines is 1. The molecule has 2 heteroatoms. The molecular weight excluding hydrogens is 234 g/mol. The van der Waals surface area contributed by atoms with Crippen LogP contribution in [-0.4, -0.2) is 18.9 Å². The highest BCUT2D eigenvalue weighted by atomic mass is 16.1. The quantitative estimate of drug-likeness (QED) is 0.820. The Hall–Kier alpha value is -1.31. The molecule has 3 unspecified atom stereocenters. The average molecular weight is 259 g/mol. The van der Waals surface area contributed by atoms with Crippen molar-refractivity contribution < 1.29 is 4.79 Å². The van der Waals surface area contributed by atoms with Crippen molar-refractivity contribution in [3.8, 4) is 0 Å². The Labute approximate surface area is 116 Å². The van der Waals surface area contributed by atoms with Crippen LogP contribution >= 0.6 is 0 Å². The Morgan fingerprint density at radius 3 is 2.47 bits per heavy atom. The fraction of sp³-hybridized carbons (Fsp3) is 0.588. The molecule has 2 nitrogen and oxygen atoms in total. The molecule has 19 heavy (non-hydrogen) atoms. The van der Waals surface area contributed by atoms with Crippen LogP contribution in [0.1, 0.15) is 33.6 Å². The number of nitrogens with zero attached hydrogens (tertiary/aromatic N) is 1. The Morgan fingerprint density at radius 1 is 1.21 bits per heavy atom. The number of carbonyl (C=O) groups is 1. The fourth-order valence-electron chi connectivity index (χ4n) is 3.27. The van der Waals surface area contributed by atoms with E-state index in [2.05, 4.69) is 49.9 Å². The second-order valence-electron chi connectivity index (χ2n) is 5.97. The third-order valence-electron chi connectivity index (χ3n) is 4.34. The van der Waals surface area contributed by atoms with Crippen molar-refractivity contribution in [2.24, 2.45) is 17.8 Å². The van der Waals surface area contributed by atoms with Crippen LogP contribution < -0.4 is 4.90 Å². The minimum Gasteiger partial charge on any atom is -0.371 e. The van der Waals surface area contributed by atoms with Crippen LogP contribution in [0.3, 0.4) is 0 Å². The van der Waals surface area contributed by atoms with Gasteiger partial charge in [0.2, 0.25) is 0 Å². The number of benzene rings is 1. The molecule has 0 heterocycles. The average Bonchev–Trinajstić information content (AvgIpc) is 2.39. The normalized spacial score (nSPS) is 27.3. The van der Waals surface area contributed by atoms with E-state index in [1.54, 1.807) is 0 Å². The van der Waals surface area contributed by atoms with Gasteiger partial charge in [-0.25, -0.2) is 0 Å². The van der Waals surface area contributed by atoms with Crippen LogP contribution in [-0.2, 0) is 4.79 Å². The SMILES string of the molecule is CCN(CC1C(=O)CC(C)CC1C)c1ccccc1. The van der Waals surface area contributed by atoms with Gasteiger partial charge in [0.15, 0.2) is 0 Å². The lowest BCUT2D eigenvalue weighted by Gasteiger charge is -2.35. The molecule has 1 aliphatic carbocycles. The van der Waals surface area contributed by atoms with E-state index in [0.29, 0.717) is 17.6 Å². The summed E-state index contributed by atoms with van der Waals surface area (Å²) in [7, 11) is 0. The van der Waals surface area contributed by atoms with Gasteiger partial charge in [0.1, 0.15) is 5.78 Å². The van der Waals surface area contributed by atoms with Gasteiger partial charge in [0.05, 0.1) is 0 Å². The van der Waals surface area contributed by atoms with Gasteiger partial charge in [-0.15, -0.1) is 0 Å². The molecule has 3 atom stereocenters. The maximum absolute atomic E-state index is 12.3. The van der Waals surface area contributed by atoms with Gasteiger partial charge in [-0.1, -0.05) is 32.0 Å². The van der Waals surface area contributed by atoms with E-state index in [-0.39, 0.29) is 5.92 Å². The molecule has 1 aromatic rings. The summed E-state index contributed by atoms with van der Waals surface area (Å²) in [6, 6.07) is 10.4. The topological polar surface area (TPSA) is 20.3 Å². The lowest BCUT2D eigenvalue weighted by molar-refractivity contribution is -0.127. The first-order valence-electron chi connectivity index (χ1n) is 7.44. The van der Waals surface area contributed by atoms with Gasteiger partial charge < -0.3 is 4.90 Å². The summed E-state index contributed by atoms with van der Waals surface area (Å²) >= 11 is 0. The molecule has 1 aliphatic rings.